The Morgan fingerprint density at radius 3 is 3.00 bits per heavy atom. The highest BCUT2D eigenvalue weighted by atomic mass is 15.2. The zero-order valence-electron chi connectivity index (χ0n) is 11.2. The SMILES string of the molecule is CC(C)(C)n1ccnc1NCC1CCCNC1. The zero-order valence-corrected chi connectivity index (χ0v) is 11.2. The van der Waals surface area contributed by atoms with Crippen molar-refractivity contribution in [2.75, 3.05) is 25.0 Å². The molecule has 1 aromatic heterocycles. The van der Waals surface area contributed by atoms with E-state index in [2.05, 4.69) is 41.0 Å². The van der Waals surface area contributed by atoms with E-state index in [9.17, 15) is 0 Å². The quantitative estimate of drug-likeness (QED) is 0.844. The third-order valence-corrected chi connectivity index (χ3v) is 3.31. The Morgan fingerprint density at radius 1 is 1.53 bits per heavy atom. The first-order valence-electron chi connectivity index (χ1n) is 6.56. The van der Waals surface area contributed by atoms with Gasteiger partial charge in [0.2, 0.25) is 5.95 Å². The van der Waals surface area contributed by atoms with E-state index in [1.54, 1.807) is 0 Å². The molecule has 2 N–H and O–H groups in total. The largest absolute Gasteiger partial charge is 0.355 e. The first-order valence-corrected chi connectivity index (χ1v) is 6.56. The number of nitrogens with zero attached hydrogens (tertiary/aromatic N) is 2. The topological polar surface area (TPSA) is 41.9 Å². The van der Waals surface area contributed by atoms with Crippen molar-refractivity contribution >= 4 is 5.95 Å². The second kappa shape index (κ2) is 5.08. The predicted molar refractivity (Wildman–Crippen MR) is 71.3 cm³/mol. The van der Waals surface area contributed by atoms with Crippen molar-refractivity contribution in [2.24, 2.45) is 5.92 Å². The standard InChI is InChI=1S/C13H24N4/c1-13(2,3)17-8-7-15-12(17)16-10-11-5-4-6-14-9-11/h7-8,11,14H,4-6,9-10H2,1-3H3,(H,15,16). The average molecular weight is 236 g/mol. The van der Waals surface area contributed by atoms with Gasteiger partial charge in [0, 0.05) is 24.5 Å². The van der Waals surface area contributed by atoms with E-state index in [0.29, 0.717) is 0 Å². The van der Waals surface area contributed by atoms with Crippen LogP contribution in [0.15, 0.2) is 12.4 Å². The Hall–Kier alpha value is -1.03. The molecule has 1 aliphatic rings. The van der Waals surface area contributed by atoms with Crippen LogP contribution in [0, 0.1) is 5.92 Å². The first kappa shape index (κ1) is 12.4. The fourth-order valence-corrected chi connectivity index (χ4v) is 2.31. The molecule has 1 saturated heterocycles. The summed E-state index contributed by atoms with van der Waals surface area (Å²) in [5, 5.41) is 6.92. The summed E-state index contributed by atoms with van der Waals surface area (Å²) in [5.74, 6) is 1.72. The van der Waals surface area contributed by atoms with Crippen LogP contribution in [0.25, 0.3) is 0 Å². The fourth-order valence-electron chi connectivity index (χ4n) is 2.31. The van der Waals surface area contributed by atoms with Crippen molar-refractivity contribution in [3.63, 3.8) is 0 Å². The Morgan fingerprint density at radius 2 is 2.35 bits per heavy atom. The number of imidazole rings is 1. The van der Waals surface area contributed by atoms with Crippen molar-refractivity contribution in [3.05, 3.63) is 12.4 Å². The molecule has 0 saturated carbocycles. The zero-order chi connectivity index (χ0) is 12.3. The third kappa shape index (κ3) is 3.22. The van der Waals surface area contributed by atoms with Crippen molar-refractivity contribution in [3.8, 4) is 0 Å². The lowest BCUT2D eigenvalue weighted by molar-refractivity contribution is 0.383. The van der Waals surface area contributed by atoms with Crippen LogP contribution in [0.5, 0.6) is 0 Å². The van der Waals surface area contributed by atoms with Crippen LogP contribution in [0.1, 0.15) is 33.6 Å². The smallest absolute Gasteiger partial charge is 0.203 e. The molecule has 1 fully saturated rings. The first-order chi connectivity index (χ1) is 8.07. The van der Waals surface area contributed by atoms with Gasteiger partial charge in [0.05, 0.1) is 0 Å². The lowest BCUT2D eigenvalue weighted by Crippen LogP contribution is -2.34. The van der Waals surface area contributed by atoms with Crippen LogP contribution in [0.3, 0.4) is 0 Å². The van der Waals surface area contributed by atoms with Crippen molar-refractivity contribution in [1.29, 1.82) is 0 Å². The Bertz CT molecular complexity index is 345. The number of anilines is 1. The monoisotopic (exact) mass is 236 g/mol. The van der Waals surface area contributed by atoms with E-state index >= 15 is 0 Å². The third-order valence-electron chi connectivity index (χ3n) is 3.31. The fraction of sp³-hybridized carbons (Fsp3) is 0.769. The number of aromatic nitrogens is 2. The normalized spacial score (nSPS) is 21.5. The second-order valence-corrected chi connectivity index (χ2v) is 5.88. The molecule has 2 rings (SSSR count). The summed E-state index contributed by atoms with van der Waals surface area (Å²) in [6.45, 7) is 9.91. The van der Waals surface area contributed by atoms with Gasteiger partial charge in [0.15, 0.2) is 0 Å². The highest BCUT2D eigenvalue weighted by molar-refractivity contribution is 5.27. The summed E-state index contributed by atoms with van der Waals surface area (Å²) >= 11 is 0. The van der Waals surface area contributed by atoms with Gasteiger partial charge in [-0.2, -0.15) is 0 Å². The molecular formula is C13H24N4. The van der Waals surface area contributed by atoms with Gasteiger partial charge in [0.1, 0.15) is 0 Å². The van der Waals surface area contributed by atoms with Crippen LogP contribution in [0.2, 0.25) is 0 Å². The van der Waals surface area contributed by atoms with Gasteiger partial charge >= 0.3 is 0 Å². The van der Waals surface area contributed by atoms with Crippen LogP contribution >= 0.6 is 0 Å². The predicted octanol–water partition coefficient (Wildman–Crippen LogP) is 2.05. The molecule has 0 radical (unpaired) electrons. The van der Waals surface area contributed by atoms with E-state index in [1.807, 2.05) is 12.4 Å². The summed E-state index contributed by atoms with van der Waals surface area (Å²) in [5.41, 5.74) is 0.0870. The van der Waals surface area contributed by atoms with Crippen molar-refractivity contribution in [2.45, 2.75) is 39.2 Å². The molecule has 1 aromatic rings. The number of piperidine rings is 1. The molecule has 0 amide bonds. The van der Waals surface area contributed by atoms with E-state index in [4.69, 9.17) is 0 Å². The highest BCUT2D eigenvalue weighted by Gasteiger charge is 2.18. The lowest BCUT2D eigenvalue weighted by atomic mass is 10.00. The molecule has 0 spiro atoms. The highest BCUT2D eigenvalue weighted by Crippen LogP contribution is 2.20. The van der Waals surface area contributed by atoms with Gasteiger partial charge in [-0.1, -0.05) is 0 Å². The number of hydrogen-bond acceptors (Lipinski definition) is 3. The van der Waals surface area contributed by atoms with Gasteiger partial charge in [-0.3, -0.25) is 0 Å². The maximum Gasteiger partial charge on any atom is 0.203 e. The molecule has 4 nitrogen and oxygen atoms in total. The summed E-state index contributed by atoms with van der Waals surface area (Å²) in [4.78, 5) is 4.40. The molecule has 4 heteroatoms. The van der Waals surface area contributed by atoms with Gasteiger partial charge in [-0.15, -0.1) is 0 Å². The molecule has 0 bridgehead atoms. The molecule has 0 aromatic carbocycles. The molecular weight excluding hydrogens is 212 g/mol. The maximum atomic E-state index is 4.40. The van der Waals surface area contributed by atoms with Crippen LogP contribution in [-0.2, 0) is 5.54 Å². The summed E-state index contributed by atoms with van der Waals surface area (Å²) in [6.07, 6.45) is 6.52. The van der Waals surface area contributed by atoms with Gasteiger partial charge < -0.3 is 15.2 Å². The van der Waals surface area contributed by atoms with Crippen molar-refractivity contribution in [1.82, 2.24) is 14.9 Å². The molecule has 1 atom stereocenters. The Labute approximate surface area is 104 Å². The van der Waals surface area contributed by atoms with Crippen LogP contribution < -0.4 is 10.6 Å². The molecule has 2 heterocycles. The van der Waals surface area contributed by atoms with E-state index < -0.39 is 0 Å². The maximum absolute atomic E-state index is 4.40. The number of nitrogens with one attached hydrogen (secondary N) is 2. The average Bonchev–Trinajstić information content (AvgIpc) is 2.75. The van der Waals surface area contributed by atoms with Gasteiger partial charge in [-0.05, 0) is 52.6 Å². The minimum absolute atomic E-state index is 0.0870. The van der Waals surface area contributed by atoms with E-state index in [0.717, 1.165) is 25.0 Å². The second-order valence-electron chi connectivity index (χ2n) is 5.88. The number of rotatable bonds is 3. The Kier molecular flexibility index (Phi) is 3.72. The van der Waals surface area contributed by atoms with Crippen LogP contribution in [-0.4, -0.2) is 29.2 Å². The minimum Gasteiger partial charge on any atom is -0.355 e. The summed E-state index contributed by atoms with van der Waals surface area (Å²) < 4.78 is 2.20. The lowest BCUT2D eigenvalue weighted by Gasteiger charge is -2.26. The molecule has 1 unspecified atom stereocenters. The molecule has 1 aliphatic heterocycles. The van der Waals surface area contributed by atoms with Crippen LogP contribution in [0.4, 0.5) is 5.95 Å². The van der Waals surface area contributed by atoms with Gasteiger partial charge in [0.25, 0.3) is 0 Å². The van der Waals surface area contributed by atoms with Crippen molar-refractivity contribution < 1.29 is 0 Å². The summed E-state index contributed by atoms with van der Waals surface area (Å²) in [6, 6.07) is 0. The minimum atomic E-state index is 0.0870. The van der Waals surface area contributed by atoms with E-state index in [-0.39, 0.29) is 5.54 Å². The molecule has 0 aliphatic carbocycles. The Balaban J connectivity index is 1.92. The summed E-state index contributed by atoms with van der Waals surface area (Å²) in [7, 11) is 0. The molecule has 17 heavy (non-hydrogen) atoms. The number of hydrogen-bond donors (Lipinski definition) is 2. The van der Waals surface area contributed by atoms with E-state index in [1.165, 1.54) is 19.4 Å². The molecule has 96 valence electrons. The van der Waals surface area contributed by atoms with Gasteiger partial charge in [-0.25, -0.2) is 4.98 Å².